The Labute approximate surface area is 71.9 Å². The SMILES string of the molecule is FCc1ccc(OC(F)(F)F)cc1. The van der Waals surface area contributed by atoms with Crippen molar-refractivity contribution in [3.63, 3.8) is 0 Å². The fourth-order valence-corrected chi connectivity index (χ4v) is 0.780. The molecule has 0 bridgehead atoms. The second-order valence-corrected chi connectivity index (χ2v) is 2.33. The van der Waals surface area contributed by atoms with Crippen molar-refractivity contribution in [1.82, 2.24) is 0 Å². The van der Waals surface area contributed by atoms with Gasteiger partial charge in [0.1, 0.15) is 12.4 Å². The van der Waals surface area contributed by atoms with Crippen LogP contribution in [-0.2, 0) is 6.67 Å². The second kappa shape index (κ2) is 3.64. The van der Waals surface area contributed by atoms with Crippen LogP contribution in [0.3, 0.4) is 0 Å². The Bertz CT molecular complexity index is 264. The normalized spacial score (nSPS) is 11.4. The standard InChI is InChI=1S/C8H6F4O/c9-5-6-1-3-7(4-2-6)13-8(10,11)12/h1-4H,5H2. The Balaban J connectivity index is 2.70. The lowest BCUT2D eigenvalue weighted by molar-refractivity contribution is -0.274. The first kappa shape index (κ1) is 9.83. The van der Waals surface area contributed by atoms with Crippen LogP contribution in [0.4, 0.5) is 17.6 Å². The highest BCUT2D eigenvalue weighted by Crippen LogP contribution is 2.22. The molecule has 0 aliphatic heterocycles. The van der Waals surface area contributed by atoms with Crippen LogP contribution in [0.1, 0.15) is 5.56 Å². The molecule has 0 atom stereocenters. The summed E-state index contributed by atoms with van der Waals surface area (Å²) in [5.74, 6) is -0.343. The maximum atomic E-state index is 11.9. The van der Waals surface area contributed by atoms with Crippen LogP contribution >= 0.6 is 0 Å². The summed E-state index contributed by atoms with van der Waals surface area (Å²) >= 11 is 0. The van der Waals surface area contributed by atoms with E-state index in [-0.39, 0.29) is 5.75 Å². The first-order chi connectivity index (χ1) is 6.01. The van der Waals surface area contributed by atoms with E-state index in [1.807, 2.05) is 0 Å². The molecule has 0 aromatic heterocycles. The molecule has 5 heteroatoms. The van der Waals surface area contributed by atoms with E-state index in [1.165, 1.54) is 12.1 Å². The minimum Gasteiger partial charge on any atom is -0.406 e. The molecular formula is C8H6F4O. The highest BCUT2D eigenvalue weighted by molar-refractivity contribution is 5.26. The molecule has 0 unspecified atom stereocenters. The molecular weight excluding hydrogens is 188 g/mol. The first-order valence-electron chi connectivity index (χ1n) is 3.42. The quantitative estimate of drug-likeness (QED) is 0.657. The van der Waals surface area contributed by atoms with Gasteiger partial charge in [-0.05, 0) is 17.7 Å². The molecule has 0 spiro atoms. The molecule has 72 valence electrons. The third-order valence-corrected chi connectivity index (χ3v) is 1.31. The molecule has 1 aromatic rings. The number of hydrogen-bond donors (Lipinski definition) is 0. The number of rotatable bonds is 2. The molecule has 1 nitrogen and oxygen atoms in total. The third-order valence-electron chi connectivity index (χ3n) is 1.31. The van der Waals surface area contributed by atoms with Gasteiger partial charge >= 0.3 is 6.36 Å². The van der Waals surface area contributed by atoms with Crippen molar-refractivity contribution in [2.75, 3.05) is 0 Å². The van der Waals surface area contributed by atoms with E-state index in [4.69, 9.17) is 0 Å². The van der Waals surface area contributed by atoms with Crippen LogP contribution < -0.4 is 4.74 Å². The van der Waals surface area contributed by atoms with E-state index >= 15 is 0 Å². The summed E-state index contributed by atoms with van der Waals surface area (Å²) < 4.78 is 50.4. The van der Waals surface area contributed by atoms with Crippen LogP contribution in [0.2, 0.25) is 0 Å². The van der Waals surface area contributed by atoms with Gasteiger partial charge in [0.25, 0.3) is 0 Å². The number of alkyl halides is 4. The van der Waals surface area contributed by atoms with Gasteiger partial charge in [-0.1, -0.05) is 12.1 Å². The fraction of sp³-hybridized carbons (Fsp3) is 0.250. The first-order valence-corrected chi connectivity index (χ1v) is 3.42. The molecule has 0 amide bonds. The average Bonchev–Trinajstić information content (AvgIpc) is 2.03. The van der Waals surface area contributed by atoms with Crippen LogP contribution in [0.25, 0.3) is 0 Å². The van der Waals surface area contributed by atoms with Crippen molar-refractivity contribution in [2.24, 2.45) is 0 Å². The fourth-order valence-electron chi connectivity index (χ4n) is 0.780. The highest BCUT2D eigenvalue weighted by Gasteiger charge is 2.30. The Morgan fingerprint density at radius 1 is 1.08 bits per heavy atom. The summed E-state index contributed by atoms with van der Waals surface area (Å²) in [6, 6.07) is 4.62. The van der Waals surface area contributed by atoms with Gasteiger partial charge in [-0.15, -0.1) is 13.2 Å². The van der Waals surface area contributed by atoms with Gasteiger partial charge in [0, 0.05) is 0 Å². The van der Waals surface area contributed by atoms with Gasteiger partial charge in [-0.3, -0.25) is 0 Å². The molecule has 0 saturated carbocycles. The molecule has 13 heavy (non-hydrogen) atoms. The molecule has 1 rings (SSSR count). The number of hydrogen-bond acceptors (Lipinski definition) is 1. The predicted molar refractivity (Wildman–Crippen MR) is 37.9 cm³/mol. The molecule has 0 heterocycles. The van der Waals surface area contributed by atoms with Crippen LogP contribution in [0, 0.1) is 0 Å². The summed E-state index contributed by atoms with van der Waals surface area (Å²) in [5, 5.41) is 0. The largest absolute Gasteiger partial charge is 0.573 e. The monoisotopic (exact) mass is 194 g/mol. The van der Waals surface area contributed by atoms with Gasteiger partial charge in [0.2, 0.25) is 0 Å². The zero-order valence-electron chi connectivity index (χ0n) is 6.44. The second-order valence-electron chi connectivity index (χ2n) is 2.33. The Hall–Kier alpha value is -1.26. The maximum Gasteiger partial charge on any atom is 0.573 e. The van der Waals surface area contributed by atoms with E-state index in [2.05, 4.69) is 4.74 Å². The van der Waals surface area contributed by atoms with Crippen molar-refractivity contribution >= 4 is 0 Å². The summed E-state index contributed by atoms with van der Waals surface area (Å²) in [6.07, 6.45) is -4.70. The van der Waals surface area contributed by atoms with Gasteiger partial charge in [0.05, 0.1) is 0 Å². The van der Waals surface area contributed by atoms with E-state index in [9.17, 15) is 17.6 Å². The summed E-state index contributed by atoms with van der Waals surface area (Å²) in [6.45, 7) is -0.702. The number of benzene rings is 1. The van der Waals surface area contributed by atoms with E-state index in [0.29, 0.717) is 5.56 Å². The van der Waals surface area contributed by atoms with Crippen molar-refractivity contribution in [3.05, 3.63) is 29.8 Å². The Morgan fingerprint density at radius 2 is 1.62 bits per heavy atom. The molecule has 0 aliphatic rings. The van der Waals surface area contributed by atoms with Crippen molar-refractivity contribution in [1.29, 1.82) is 0 Å². The number of ether oxygens (including phenoxy) is 1. The molecule has 0 radical (unpaired) electrons. The maximum absolute atomic E-state index is 11.9. The lowest BCUT2D eigenvalue weighted by Gasteiger charge is -2.08. The summed E-state index contributed by atoms with van der Waals surface area (Å²) in [5.41, 5.74) is 0.314. The van der Waals surface area contributed by atoms with Gasteiger partial charge in [-0.2, -0.15) is 0 Å². The Morgan fingerprint density at radius 3 is 2.00 bits per heavy atom. The predicted octanol–water partition coefficient (Wildman–Crippen LogP) is 3.05. The highest BCUT2D eigenvalue weighted by atomic mass is 19.4. The van der Waals surface area contributed by atoms with Crippen LogP contribution in [0.5, 0.6) is 5.75 Å². The van der Waals surface area contributed by atoms with Crippen molar-refractivity contribution < 1.29 is 22.3 Å². The van der Waals surface area contributed by atoms with Crippen molar-refractivity contribution in [3.8, 4) is 5.75 Å². The van der Waals surface area contributed by atoms with Gasteiger partial charge in [-0.25, -0.2) is 4.39 Å². The smallest absolute Gasteiger partial charge is 0.406 e. The lowest BCUT2D eigenvalue weighted by Crippen LogP contribution is -2.16. The van der Waals surface area contributed by atoms with E-state index < -0.39 is 13.0 Å². The molecule has 0 aliphatic carbocycles. The molecule has 0 fully saturated rings. The summed E-state index contributed by atoms with van der Waals surface area (Å²) in [7, 11) is 0. The third kappa shape index (κ3) is 3.31. The average molecular weight is 194 g/mol. The molecule has 1 aromatic carbocycles. The topological polar surface area (TPSA) is 9.23 Å². The van der Waals surface area contributed by atoms with E-state index in [0.717, 1.165) is 12.1 Å². The van der Waals surface area contributed by atoms with Crippen molar-refractivity contribution in [2.45, 2.75) is 13.0 Å². The summed E-state index contributed by atoms with van der Waals surface area (Å²) in [4.78, 5) is 0. The zero-order valence-corrected chi connectivity index (χ0v) is 6.44. The minimum absolute atomic E-state index is 0.314. The minimum atomic E-state index is -4.70. The van der Waals surface area contributed by atoms with Crippen LogP contribution in [-0.4, -0.2) is 6.36 Å². The van der Waals surface area contributed by atoms with Crippen LogP contribution in [0.15, 0.2) is 24.3 Å². The molecule has 0 saturated heterocycles. The van der Waals surface area contributed by atoms with Gasteiger partial charge < -0.3 is 4.74 Å². The lowest BCUT2D eigenvalue weighted by atomic mass is 10.2. The van der Waals surface area contributed by atoms with Gasteiger partial charge in [0.15, 0.2) is 0 Å². The Kier molecular flexibility index (Phi) is 2.75. The zero-order chi connectivity index (χ0) is 9.90. The van der Waals surface area contributed by atoms with E-state index in [1.54, 1.807) is 0 Å². The number of halogens is 4. The molecule has 0 N–H and O–H groups in total.